The summed E-state index contributed by atoms with van der Waals surface area (Å²) in [5, 5.41) is 0.577. The molecule has 8 heteroatoms. The van der Waals surface area contributed by atoms with Gasteiger partial charge >= 0.3 is 0 Å². The number of rotatable bonds is 8. The molecule has 0 saturated carbocycles. The average Bonchev–Trinajstić information content (AvgIpc) is 3.15. The first kappa shape index (κ1) is 23.6. The second kappa shape index (κ2) is 10.0. The maximum atomic E-state index is 13.7. The van der Waals surface area contributed by atoms with Crippen LogP contribution in [-0.4, -0.2) is 63.2 Å². The molecule has 0 unspecified atom stereocenters. The number of nitrogens with zero attached hydrogens (tertiary/aromatic N) is 4. The summed E-state index contributed by atoms with van der Waals surface area (Å²) in [6, 6.07) is 5.91. The Hall–Kier alpha value is -2.09. The van der Waals surface area contributed by atoms with Gasteiger partial charge in [0.25, 0.3) is 5.56 Å². The fraction of sp³-hybridized carbons (Fsp3) is 0.565. The normalized spacial score (nSPS) is 18.6. The number of anilines is 2. The van der Waals surface area contributed by atoms with E-state index in [1.165, 1.54) is 0 Å². The van der Waals surface area contributed by atoms with Gasteiger partial charge in [-0.2, -0.15) is 0 Å². The minimum absolute atomic E-state index is 0.0463. The lowest BCUT2D eigenvalue weighted by Gasteiger charge is -2.28. The molecule has 1 aliphatic heterocycles. The van der Waals surface area contributed by atoms with E-state index in [0.717, 1.165) is 23.4 Å². The highest BCUT2D eigenvalue weighted by Crippen LogP contribution is 2.33. The molecule has 0 bridgehead atoms. The highest BCUT2D eigenvalue weighted by molar-refractivity contribution is 6.33. The maximum Gasteiger partial charge on any atom is 0.277 e. The molecule has 0 spiro atoms. The SMILES string of the molecule is CCc1nc(-c2ccc(N(C)C)cc2Cl)n(CC)c(=O)c1N1C[C@H](OC)C[C@H]1COC. The Morgan fingerprint density at radius 2 is 2.00 bits per heavy atom. The first-order valence-corrected chi connectivity index (χ1v) is 11.1. The highest BCUT2D eigenvalue weighted by Gasteiger charge is 2.36. The van der Waals surface area contributed by atoms with Gasteiger partial charge in [0.2, 0.25) is 0 Å². The summed E-state index contributed by atoms with van der Waals surface area (Å²) in [4.78, 5) is 22.8. The summed E-state index contributed by atoms with van der Waals surface area (Å²) in [6.07, 6.45) is 1.52. The fourth-order valence-corrected chi connectivity index (χ4v) is 4.51. The second-order valence-electron chi connectivity index (χ2n) is 8.05. The molecule has 1 aliphatic rings. The lowest BCUT2D eigenvalue weighted by atomic mass is 10.1. The summed E-state index contributed by atoms with van der Waals surface area (Å²) < 4.78 is 12.7. The maximum absolute atomic E-state index is 13.7. The number of aromatic nitrogens is 2. The lowest BCUT2D eigenvalue weighted by molar-refractivity contribution is 0.111. The minimum Gasteiger partial charge on any atom is -0.383 e. The molecule has 2 heterocycles. The smallest absolute Gasteiger partial charge is 0.277 e. The Kier molecular flexibility index (Phi) is 7.62. The Morgan fingerprint density at radius 3 is 2.55 bits per heavy atom. The standard InChI is InChI=1S/C23H33ClN4O3/c1-7-20-21(28-13-17(31-6)11-16(28)14-30-5)23(29)27(8-2)22(25-20)18-10-9-15(26(3)4)12-19(18)24/h9-10,12,16-17H,7-8,11,13-14H2,1-6H3/t16-,17+/m0/s1. The molecule has 0 radical (unpaired) electrons. The predicted octanol–water partition coefficient (Wildman–Crippen LogP) is 3.45. The molecule has 2 atom stereocenters. The Bertz CT molecular complexity index is 976. The van der Waals surface area contributed by atoms with E-state index >= 15 is 0 Å². The summed E-state index contributed by atoms with van der Waals surface area (Å²) in [7, 11) is 7.33. The van der Waals surface area contributed by atoms with Crippen LogP contribution >= 0.6 is 11.6 Å². The van der Waals surface area contributed by atoms with Crippen molar-refractivity contribution in [1.29, 1.82) is 0 Å². The van der Waals surface area contributed by atoms with Crippen LogP contribution in [-0.2, 0) is 22.4 Å². The third-order valence-electron chi connectivity index (χ3n) is 5.93. The molecule has 2 aromatic rings. The molecule has 7 nitrogen and oxygen atoms in total. The van der Waals surface area contributed by atoms with Crippen LogP contribution in [0.15, 0.2) is 23.0 Å². The van der Waals surface area contributed by atoms with Crippen molar-refractivity contribution >= 4 is 23.0 Å². The van der Waals surface area contributed by atoms with Gasteiger partial charge in [-0.3, -0.25) is 9.36 Å². The van der Waals surface area contributed by atoms with E-state index in [1.54, 1.807) is 18.8 Å². The first-order chi connectivity index (χ1) is 14.9. The van der Waals surface area contributed by atoms with Gasteiger partial charge in [0.15, 0.2) is 0 Å². The molecular formula is C23H33ClN4O3. The van der Waals surface area contributed by atoms with E-state index in [0.29, 0.717) is 42.7 Å². The lowest BCUT2D eigenvalue weighted by Crippen LogP contribution is -2.40. The monoisotopic (exact) mass is 448 g/mol. The molecule has 170 valence electrons. The minimum atomic E-state index is -0.0463. The van der Waals surface area contributed by atoms with E-state index in [1.807, 2.05) is 51.0 Å². The second-order valence-corrected chi connectivity index (χ2v) is 8.45. The number of hydrogen-bond donors (Lipinski definition) is 0. The predicted molar refractivity (Wildman–Crippen MR) is 127 cm³/mol. The summed E-state index contributed by atoms with van der Waals surface area (Å²) in [5.74, 6) is 0.606. The van der Waals surface area contributed by atoms with Crippen LogP contribution in [0.3, 0.4) is 0 Å². The zero-order chi connectivity index (χ0) is 22.7. The van der Waals surface area contributed by atoms with Crippen LogP contribution in [0.2, 0.25) is 5.02 Å². The van der Waals surface area contributed by atoms with E-state index < -0.39 is 0 Å². The average molecular weight is 449 g/mol. The Morgan fingerprint density at radius 1 is 1.26 bits per heavy atom. The summed E-state index contributed by atoms with van der Waals surface area (Å²) in [5.41, 5.74) is 3.13. The molecule has 1 fully saturated rings. The van der Waals surface area contributed by atoms with Gasteiger partial charge in [0, 0.05) is 52.7 Å². The summed E-state index contributed by atoms with van der Waals surface area (Å²) in [6.45, 7) is 5.67. The van der Waals surface area contributed by atoms with Crippen molar-refractivity contribution in [1.82, 2.24) is 9.55 Å². The molecule has 0 amide bonds. The summed E-state index contributed by atoms with van der Waals surface area (Å²) >= 11 is 6.63. The molecular weight excluding hydrogens is 416 g/mol. The van der Waals surface area contributed by atoms with Crippen LogP contribution in [0.1, 0.15) is 26.0 Å². The van der Waals surface area contributed by atoms with Crippen molar-refractivity contribution in [2.75, 3.05) is 51.3 Å². The Labute approximate surface area is 189 Å². The van der Waals surface area contributed by atoms with Crippen molar-refractivity contribution in [3.05, 3.63) is 39.3 Å². The van der Waals surface area contributed by atoms with Gasteiger partial charge in [-0.05, 0) is 38.0 Å². The third-order valence-corrected chi connectivity index (χ3v) is 6.25. The number of aryl methyl sites for hydroxylation is 1. The van der Waals surface area contributed by atoms with Crippen molar-refractivity contribution in [2.24, 2.45) is 0 Å². The zero-order valence-corrected chi connectivity index (χ0v) is 20.1. The van der Waals surface area contributed by atoms with Gasteiger partial charge < -0.3 is 19.3 Å². The number of ether oxygens (including phenoxy) is 2. The highest BCUT2D eigenvalue weighted by atomic mass is 35.5. The molecule has 0 N–H and O–H groups in total. The molecule has 1 aromatic carbocycles. The van der Waals surface area contributed by atoms with Crippen LogP contribution in [0.5, 0.6) is 0 Å². The number of methoxy groups -OCH3 is 2. The molecule has 1 saturated heterocycles. The molecule has 0 aliphatic carbocycles. The van der Waals surface area contributed by atoms with Crippen molar-refractivity contribution in [3.63, 3.8) is 0 Å². The van der Waals surface area contributed by atoms with Crippen molar-refractivity contribution in [2.45, 2.75) is 45.4 Å². The van der Waals surface area contributed by atoms with Crippen LogP contribution in [0.4, 0.5) is 11.4 Å². The largest absolute Gasteiger partial charge is 0.383 e. The molecule has 31 heavy (non-hydrogen) atoms. The molecule has 3 rings (SSSR count). The topological polar surface area (TPSA) is 59.8 Å². The molecule has 1 aromatic heterocycles. The van der Waals surface area contributed by atoms with Crippen molar-refractivity contribution in [3.8, 4) is 11.4 Å². The third kappa shape index (κ3) is 4.59. The Balaban J connectivity index is 2.16. The fourth-order valence-electron chi connectivity index (χ4n) is 4.25. The van der Waals surface area contributed by atoms with Crippen LogP contribution < -0.4 is 15.4 Å². The van der Waals surface area contributed by atoms with Gasteiger partial charge in [0.05, 0.1) is 29.5 Å². The zero-order valence-electron chi connectivity index (χ0n) is 19.3. The number of benzene rings is 1. The van der Waals surface area contributed by atoms with E-state index in [-0.39, 0.29) is 17.7 Å². The van der Waals surface area contributed by atoms with Gasteiger partial charge in [-0.25, -0.2) is 4.98 Å². The van der Waals surface area contributed by atoms with Gasteiger partial charge in [-0.15, -0.1) is 0 Å². The quantitative estimate of drug-likeness (QED) is 0.616. The van der Waals surface area contributed by atoms with Crippen molar-refractivity contribution < 1.29 is 9.47 Å². The van der Waals surface area contributed by atoms with Gasteiger partial charge in [-0.1, -0.05) is 18.5 Å². The van der Waals surface area contributed by atoms with E-state index in [2.05, 4.69) is 4.90 Å². The van der Waals surface area contributed by atoms with E-state index in [9.17, 15) is 4.79 Å². The van der Waals surface area contributed by atoms with Crippen LogP contribution in [0, 0.1) is 0 Å². The van der Waals surface area contributed by atoms with E-state index in [4.69, 9.17) is 26.1 Å². The number of hydrogen-bond acceptors (Lipinski definition) is 6. The first-order valence-electron chi connectivity index (χ1n) is 10.7. The number of halogens is 1. The van der Waals surface area contributed by atoms with Gasteiger partial charge in [0.1, 0.15) is 11.5 Å². The van der Waals surface area contributed by atoms with Crippen LogP contribution in [0.25, 0.3) is 11.4 Å².